The second-order valence-corrected chi connectivity index (χ2v) is 5.27. The highest BCUT2D eigenvalue weighted by Gasteiger charge is 2.25. The van der Waals surface area contributed by atoms with E-state index in [0.29, 0.717) is 6.61 Å². The van der Waals surface area contributed by atoms with Crippen molar-refractivity contribution in [3.63, 3.8) is 0 Å². The monoisotopic (exact) mass is 311 g/mol. The summed E-state index contributed by atoms with van der Waals surface area (Å²) in [5.74, 6) is -0.156. The van der Waals surface area contributed by atoms with Crippen LogP contribution in [0.25, 0.3) is 0 Å². The second kappa shape index (κ2) is 9.06. The van der Waals surface area contributed by atoms with Crippen molar-refractivity contribution in [1.29, 1.82) is 0 Å². The molecule has 0 bridgehead atoms. The zero-order valence-electron chi connectivity index (χ0n) is 13.5. The molecule has 21 heavy (non-hydrogen) atoms. The van der Waals surface area contributed by atoms with E-state index in [-0.39, 0.29) is 18.0 Å². The molecule has 0 aliphatic heterocycles. The number of carbonyl (C=O) groups is 1. The van der Waals surface area contributed by atoms with Crippen LogP contribution in [0.15, 0.2) is 18.2 Å². The quantitative estimate of drug-likeness (QED) is 0.533. The molecule has 3 nitrogen and oxygen atoms in total. The predicted octanol–water partition coefficient (Wildman–Crippen LogP) is 4.16. The number of amides is 1. The van der Waals surface area contributed by atoms with Crippen LogP contribution < -0.4 is 4.90 Å². The van der Waals surface area contributed by atoms with Gasteiger partial charge in [-0.3, -0.25) is 9.69 Å². The lowest BCUT2D eigenvalue weighted by atomic mass is 10.0. The molecule has 1 unspecified atom stereocenters. The van der Waals surface area contributed by atoms with Crippen LogP contribution in [-0.4, -0.2) is 24.6 Å². The Kier molecular flexibility index (Phi) is 7.76. The first-order chi connectivity index (χ1) is 10.1. The molecule has 0 aromatic heterocycles. The van der Waals surface area contributed by atoms with Gasteiger partial charge in [0.2, 0.25) is 5.91 Å². The van der Waals surface area contributed by atoms with Gasteiger partial charge in [-0.15, -0.1) is 11.6 Å². The number of aryl methyl sites for hydroxylation is 2. The van der Waals surface area contributed by atoms with E-state index in [9.17, 15) is 4.79 Å². The van der Waals surface area contributed by atoms with Gasteiger partial charge in [-0.25, -0.2) is 0 Å². The smallest absolute Gasteiger partial charge is 0.244 e. The van der Waals surface area contributed by atoms with E-state index in [1.165, 1.54) is 0 Å². The van der Waals surface area contributed by atoms with Gasteiger partial charge < -0.3 is 4.74 Å². The number of anilines is 1. The van der Waals surface area contributed by atoms with Crippen LogP contribution in [-0.2, 0) is 22.4 Å². The molecule has 0 spiro atoms. The van der Waals surface area contributed by atoms with Gasteiger partial charge >= 0.3 is 0 Å². The van der Waals surface area contributed by atoms with E-state index < -0.39 is 0 Å². The Hall–Kier alpha value is -1.06. The molecule has 0 saturated carbocycles. The first-order valence-electron chi connectivity index (χ1n) is 7.70. The Morgan fingerprint density at radius 2 is 1.81 bits per heavy atom. The van der Waals surface area contributed by atoms with Crippen LogP contribution in [0.2, 0.25) is 0 Å². The first kappa shape index (κ1) is 18.0. The standard InChI is InChI=1S/C17H26ClNO2/c1-5-11-21-13(4)19(16(20)12-18)17-14(6-2)9-8-10-15(17)7-3/h8-10,13H,5-7,11-12H2,1-4H3. The molecule has 0 radical (unpaired) electrons. The molecule has 1 atom stereocenters. The Balaban J connectivity index is 3.28. The molecule has 0 aliphatic carbocycles. The summed E-state index contributed by atoms with van der Waals surface area (Å²) < 4.78 is 5.78. The predicted molar refractivity (Wildman–Crippen MR) is 89.1 cm³/mol. The largest absolute Gasteiger partial charge is 0.358 e. The lowest BCUT2D eigenvalue weighted by molar-refractivity contribution is -0.118. The Bertz CT molecular complexity index is 440. The van der Waals surface area contributed by atoms with E-state index in [0.717, 1.165) is 36.1 Å². The van der Waals surface area contributed by atoms with E-state index in [1.807, 2.05) is 13.0 Å². The zero-order valence-corrected chi connectivity index (χ0v) is 14.2. The number of para-hydroxylation sites is 1. The van der Waals surface area contributed by atoms with Crippen molar-refractivity contribution in [2.24, 2.45) is 0 Å². The number of hydrogen-bond donors (Lipinski definition) is 0. The summed E-state index contributed by atoms with van der Waals surface area (Å²) in [6.07, 6.45) is 2.35. The number of benzene rings is 1. The number of ether oxygens (including phenoxy) is 1. The summed E-state index contributed by atoms with van der Waals surface area (Å²) in [6.45, 7) is 8.78. The van der Waals surface area contributed by atoms with E-state index in [2.05, 4.69) is 32.9 Å². The summed E-state index contributed by atoms with van der Waals surface area (Å²) in [7, 11) is 0. The van der Waals surface area contributed by atoms with Gasteiger partial charge in [0.25, 0.3) is 0 Å². The molecule has 118 valence electrons. The molecule has 0 aliphatic rings. The molecule has 0 fully saturated rings. The van der Waals surface area contributed by atoms with Crippen molar-refractivity contribution < 1.29 is 9.53 Å². The van der Waals surface area contributed by atoms with Crippen molar-refractivity contribution in [1.82, 2.24) is 0 Å². The van der Waals surface area contributed by atoms with Crippen molar-refractivity contribution >= 4 is 23.2 Å². The van der Waals surface area contributed by atoms with Crippen LogP contribution >= 0.6 is 11.6 Å². The van der Waals surface area contributed by atoms with Gasteiger partial charge in [-0.1, -0.05) is 39.0 Å². The summed E-state index contributed by atoms with van der Waals surface area (Å²) in [6, 6.07) is 6.17. The maximum atomic E-state index is 12.4. The lowest BCUT2D eigenvalue weighted by Gasteiger charge is -2.32. The van der Waals surface area contributed by atoms with Crippen LogP contribution in [0.4, 0.5) is 5.69 Å². The van der Waals surface area contributed by atoms with E-state index in [4.69, 9.17) is 16.3 Å². The maximum Gasteiger partial charge on any atom is 0.244 e. The average molecular weight is 312 g/mol. The van der Waals surface area contributed by atoms with Gasteiger partial charge in [0.15, 0.2) is 0 Å². The number of halogens is 1. The van der Waals surface area contributed by atoms with Gasteiger partial charge in [-0.05, 0) is 37.3 Å². The Morgan fingerprint density at radius 3 is 2.24 bits per heavy atom. The van der Waals surface area contributed by atoms with E-state index >= 15 is 0 Å². The number of alkyl halides is 1. The van der Waals surface area contributed by atoms with Gasteiger partial charge in [0.1, 0.15) is 12.1 Å². The zero-order chi connectivity index (χ0) is 15.8. The van der Waals surface area contributed by atoms with Crippen LogP contribution in [0.5, 0.6) is 0 Å². The van der Waals surface area contributed by atoms with Crippen molar-refractivity contribution in [2.45, 2.75) is 53.2 Å². The van der Waals surface area contributed by atoms with Gasteiger partial charge in [0.05, 0.1) is 5.69 Å². The molecule has 0 heterocycles. The third kappa shape index (κ3) is 4.45. The fourth-order valence-electron chi connectivity index (χ4n) is 2.46. The number of nitrogens with zero attached hydrogens (tertiary/aromatic N) is 1. The molecule has 1 rings (SSSR count). The lowest BCUT2D eigenvalue weighted by Crippen LogP contribution is -2.42. The highest BCUT2D eigenvalue weighted by Crippen LogP contribution is 2.29. The Labute approximate surface area is 133 Å². The van der Waals surface area contributed by atoms with E-state index in [1.54, 1.807) is 4.90 Å². The molecule has 4 heteroatoms. The van der Waals surface area contributed by atoms with Crippen LogP contribution in [0.1, 0.15) is 45.2 Å². The summed E-state index contributed by atoms with van der Waals surface area (Å²) in [5.41, 5.74) is 3.27. The normalized spacial score (nSPS) is 12.2. The molecule has 1 aromatic carbocycles. The second-order valence-electron chi connectivity index (χ2n) is 5.00. The topological polar surface area (TPSA) is 29.5 Å². The highest BCUT2D eigenvalue weighted by atomic mass is 35.5. The number of hydrogen-bond acceptors (Lipinski definition) is 2. The molecular weight excluding hydrogens is 286 g/mol. The summed E-state index contributed by atoms with van der Waals surface area (Å²) in [4.78, 5) is 14.1. The fraction of sp³-hybridized carbons (Fsp3) is 0.588. The minimum absolute atomic E-state index is 0.0406. The van der Waals surface area contributed by atoms with Gasteiger partial charge in [0, 0.05) is 6.61 Å². The van der Waals surface area contributed by atoms with Crippen LogP contribution in [0, 0.1) is 0 Å². The first-order valence-corrected chi connectivity index (χ1v) is 8.24. The fourth-order valence-corrected chi connectivity index (χ4v) is 2.59. The maximum absolute atomic E-state index is 12.4. The molecule has 0 N–H and O–H groups in total. The van der Waals surface area contributed by atoms with Crippen molar-refractivity contribution in [3.05, 3.63) is 29.3 Å². The molecular formula is C17H26ClNO2. The Morgan fingerprint density at radius 1 is 1.24 bits per heavy atom. The minimum atomic E-state index is -0.311. The summed E-state index contributed by atoms with van der Waals surface area (Å²) in [5, 5.41) is 0. The third-order valence-electron chi connectivity index (χ3n) is 3.52. The molecule has 1 aromatic rings. The number of carbonyl (C=O) groups excluding carboxylic acids is 1. The van der Waals surface area contributed by atoms with Crippen LogP contribution in [0.3, 0.4) is 0 Å². The summed E-state index contributed by atoms with van der Waals surface area (Å²) >= 11 is 5.82. The minimum Gasteiger partial charge on any atom is -0.358 e. The number of rotatable bonds is 8. The van der Waals surface area contributed by atoms with Crippen molar-refractivity contribution in [2.75, 3.05) is 17.4 Å². The molecule has 1 amide bonds. The van der Waals surface area contributed by atoms with Gasteiger partial charge in [-0.2, -0.15) is 0 Å². The highest BCUT2D eigenvalue weighted by molar-refractivity contribution is 6.29. The molecule has 0 saturated heterocycles. The third-order valence-corrected chi connectivity index (χ3v) is 3.74. The SMILES string of the molecule is CCCOC(C)N(C(=O)CCl)c1c(CC)cccc1CC. The van der Waals surface area contributed by atoms with Crippen molar-refractivity contribution in [3.8, 4) is 0 Å². The average Bonchev–Trinajstić information content (AvgIpc) is 2.52.